The Morgan fingerprint density at radius 3 is 2.40 bits per heavy atom. The van der Waals surface area contributed by atoms with Crippen LogP contribution in [0.1, 0.15) is 18.4 Å². The lowest BCUT2D eigenvalue weighted by atomic mass is 10.1. The lowest BCUT2D eigenvalue weighted by molar-refractivity contribution is 0.354. The summed E-state index contributed by atoms with van der Waals surface area (Å²) in [7, 11) is 3.30. The van der Waals surface area contributed by atoms with E-state index in [0.29, 0.717) is 0 Å². The first kappa shape index (κ1) is 11.9. The maximum Gasteiger partial charge on any atom is 0.160 e. The molecule has 0 saturated heterocycles. The van der Waals surface area contributed by atoms with Gasteiger partial charge in [-0.15, -0.1) is 0 Å². The largest absolute Gasteiger partial charge is 0.493 e. The molecule has 0 aliphatic carbocycles. The molecule has 0 aromatic heterocycles. The maximum absolute atomic E-state index is 5.45. The molecule has 1 aromatic carbocycles. The minimum atomic E-state index is 0.757. The number of hydrogen-bond acceptors (Lipinski definition) is 3. The molecule has 3 nitrogen and oxygen atoms in total. The Morgan fingerprint density at radius 2 is 1.80 bits per heavy atom. The molecule has 3 heteroatoms. The minimum Gasteiger partial charge on any atom is -0.493 e. The number of unbranched alkanes of at least 4 members (excludes halogenated alkanes) is 1. The second-order valence-corrected chi connectivity index (χ2v) is 3.44. The van der Waals surface area contributed by atoms with Crippen molar-refractivity contribution in [3.05, 3.63) is 23.8 Å². The standard InChI is InChI=1S/C12H19NO2/c1-14-11-7-6-10(5-3-4-8-13)9-12(11)15-2/h6-7,9H,3-5,8,13H2,1-2H3. The third-order valence-electron chi connectivity index (χ3n) is 2.37. The van der Waals surface area contributed by atoms with Gasteiger partial charge in [-0.1, -0.05) is 6.07 Å². The highest BCUT2D eigenvalue weighted by Crippen LogP contribution is 2.27. The lowest BCUT2D eigenvalue weighted by Crippen LogP contribution is -1.99. The fourth-order valence-electron chi connectivity index (χ4n) is 1.51. The highest BCUT2D eigenvalue weighted by atomic mass is 16.5. The highest BCUT2D eigenvalue weighted by Gasteiger charge is 2.03. The fraction of sp³-hybridized carbons (Fsp3) is 0.500. The molecular formula is C12H19NO2. The molecule has 1 aromatic rings. The van der Waals surface area contributed by atoms with Gasteiger partial charge in [0.2, 0.25) is 0 Å². The second kappa shape index (κ2) is 6.30. The molecule has 15 heavy (non-hydrogen) atoms. The topological polar surface area (TPSA) is 44.5 Å². The summed E-state index contributed by atoms with van der Waals surface area (Å²) in [4.78, 5) is 0. The van der Waals surface area contributed by atoms with Crippen LogP contribution < -0.4 is 15.2 Å². The van der Waals surface area contributed by atoms with Crippen molar-refractivity contribution < 1.29 is 9.47 Å². The van der Waals surface area contributed by atoms with E-state index < -0.39 is 0 Å². The molecule has 0 radical (unpaired) electrons. The molecule has 1 rings (SSSR count). The first-order valence-corrected chi connectivity index (χ1v) is 5.22. The van der Waals surface area contributed by atoms with Crippen LogP contribution in [-0.2, 0) is 6.42 Å². The molecule has 0 aliphatic heterocycles. The van der Waals surface area contributed by atoms with Crippen LogP contribution in [0.3, 0.4) is 0 Å². The third-order valence-corrected chi connectivity index (χ3v) is 2.37. The van der Waals surface area contributed by atoms with Crippen LogP contribution in [0.4, 0.5) is 0 Å². The average molecular weight is 209 g/mol. The Bertz CT molecular complexity index is 300. The van der Waals surface area contributed by atoms with E-state index in [4.69, 9.17) is 15.2 Å². The van der Waals surface area contributed by atoms with Crippen LogP contribution in [0.2, 0.25) is 0 Å². The van der Waals surface area contributed by atoms with Crippen LogP contribution in [0.25, 0.3) is 0 Å². The lowest BCUT2D eigenvalue weighted by Gasteiger charge is -2.09. The summed E-state index contributed by atoms with van der Waals surface area (Å²) in [6, 6.07) is 6.03. The fourth-order valence-corrected chi connectivity index (χ4v) is 1.51. The van der Waals surface area contributed by atoms with Crippen molar-refractivity contribution in [3.8, 4) is 11.5 Å². The predicted molar refractivity (Wildman–Crippen MR) is 61.5 cm³/mol. The van der Waals surface area contributed by atoms with Crippen LogP contribution in [0.15, 0.2) is 18.2 Å². The van der Waals surface area contributed by atoms with Crippen molar-refractivity contribution in [2.75, 3.05) is 20.8 Å². The van der Waals surface area contributed by atoms with Gasteiger partial charge in [-0.2, -0.15) is 0 Å². The van der Waals surface area contributed by atoms with Crippen LogP contribution in [-0.4, -0.2) is 20.8 Å². The van der Waals surface area contributed by atoms with Crippen molar-refractivity contribution in [1.82, 2.24) is 0 Å². The number of hydrogen-bond donors (Lipinski definition) is 1. The molecule has 0 saturated carbocycles. The summed E-state index contributed by atoms with van der Waals surface area (Å²) in [6.07, 6.45) is 3.22. The molecule has 0 atom stereocenters. The summed E-state index contributed by atoms with van der Waals surface area (Å²) < 4.78 is 10.4. The van der Waals surface area contributed by atoms with Gasteiger partial charge in [0.25, 0.3) is 0 Å². The Labute approximate surface area is 91.2 Å². The first-order valence-electron chi connectivity index (χ1n) is 5.22. The van der Waals surface area contributed by atoms with E-state index in [1.54, 1.807) is 14.2 Å². The van der Waals surface area contributed by atoms with Crippen molar-refractivity contribution in [2.24, 2.45) is 5.73 Å². The van der Waals surface area contributed by atoms with Gasteiger partial charge >= 0.3 is 0 Å². The van der Waals surface area contributed by atoms with E-state index in [1.807, 2.05) is 12.1 Å². The summed E-state index contributed by atoms with van der Waals surface area (Å²) in [6.45, 7) is 0.757. The molecule has 0 amide bonds. The van der Waals surface area contributed by atoms with Gasteiger partial charge in [0.1, 0.15) is 0 Å². The normalized spacial score (nSPS) is 10.1. The third kappa shape index (κ3) is 3.44. The number of rotatable bonds is 6. The smallest absolute Gasteiger partial charge is 0.160 e. The van der Waals surface area contributed by atoms with E-state index in [0.717, 1.165) is 37.3 Å². The maximum atomic E-state index is 5.45. The zero-order valence-corrected chi connectivity index (χ0v) is 9.45. The van der Waals surface area contributed by atoms with E-state index in [1.165, 1.54) is 5.56 Å². The van der Waals surface area contributed by atoms with E-state index in [-0.39, 0.29) is 0 Å². The van der Waals surface area contributed by atoms with Crippen molar-refractivity contribution in [1.29, 1.82) is 0 Å². The quantitative estimate of drug-likeness (QED) is 0.729. The van der Waals surface area contributed by atoms with E-state index in [2.05, 4.69) is 6.07 Å². The van der Waals surface area contributed by atoms with Crippen LogP contribution in [0.5, 0.6) is 11.5 Å². The van der Waals surface area contributed by atoms with Gasteiger partial charge < -0.3 is 15.2 Å². The van der Waals surface area contributed by atoms with Crippen molar-refractivity contribution in [2.45, 2.75) is 19.3 Å². The molecule has 0 unspecified atom stereocenters. The molecule has 0 aliphatic rings. The van der Waals surface area contributed by atoms with Crippen LogP contribution in [0, 0.1) is 0 Å². The zero-order chi connectivity index (χ0) is 11.1. The zero-order valence-electron chi connectivity index (χ0n) is 9.45. The number of aryl methyl sites for hydroxylation is 1. The number of benzene rings is 1. The first-order chi connectivity index (χ1) is 7.31. The summed E-state index contributed by atoms with van der Waals surface area (Å²) in [5.74, 6) is 1.57. The molecule has 0 heterocycles. The molecule has 0 spiro atoms. The van der Waals surface area contributed by atoms with Gasteiger partial charge in [0, 0.05) is 0 Å². The Morgan fingerprint density at radius 1 is 1.07 bits per heavy atom. The van der Waals surface area contributed by atoms with E-state index in [9.17, 15) is 0 Å². The van der Waals surface area contributed by atoms with Crippen molar-refractivity contribution >= 4 is 0 Å². The van der Waals surface area contributed by atoms with Gasteiger partial charge in [0.15, 0.2) is 11.5 Å². The average Bonchev–Trinajstić information content (AvgIpc) is 2.29. The SMILES string of the molecule is COc1ccc(CCCCN)cc1OC. The van der Waals surface area contributed by atoms with Gasteiger partial charge in [0.05, 0.1) is 14.2 Å². The predicted octanol–water partition coefficient (Wildman–Crippen LogP) is 1.99. The summed E-state index contributed by atoms with van der Waals surface area (Å²) in [5.41, 5.74) is 6.71. The highest BCUT2D eigenvalue weighted by molar-refractivity contribution is 5.42. The monoisotopic (exact) mass is 209 g/mol. The second-order valence-electron chi connectivity index (χ2n) is 3.44. The minimum absolute atomic E-state index is 0.757. The molecular weight excluding hydrogens is 190 g/mol. The van der Waals surface area contributed by atoms with Crippen LogP contribution >= 0.6 is 0 Å². The number of nitrogens with two attached hydrogens (primary N) is 1. The number of methoxy groups -OCH3 is 2. The summed E-state index contributed by atoms with van der Waals surface area (Å²) >= 11 is 0. The summed E-state index contributed by atoms with van der Waals surface area (Å²) in [5, 5.41) is 0. The molecule has 84 valence electrons. The number of ether oxygens (including phenoxy) is 2. The molecule has 0 fully saturated rings. The Kier molecular flexibility index (Phi) is 4.98. The van der Waals surface area contributed by atoms with E-state index >= 15 is 0 Å². The molecule has 0 bridgehead atoms. The molecule has 2 N–H and O–H groups in total. The van der Waals surface area contributed by atoms with Gasteiger partial charge in [-0.05, 0) is 43.5 Å². The van der Waals surface area contributed by atoms with Crippen molar-refractivity contribution in [3.63, 3.8) is 0 Å². The van der Waals surface area contributed by atoms with Gasteiger partial charge in [-0.3, -0.25) is 0 Å². The Hall–Kier alpha value is -1.22. The Balaban J connectivity index is 2.66. The van der Waals surface area contributed by atoms with Gasteiger partial charge in [-0.25, -0.2) is 0 Å².